The van der Waals surface area contributed by atoms with Gasteiger partial charge in [0.1, 0.15) is 5.82 Å². The summed E-state index contributed by atoms with van der Waals surface area (Å²) >= 11 is 0. The molecule has 1 aromatic carbocycles. The third-order valence-corrected chi connectivity index (χ3v) is 2.21. The largest absolute Gasteiger partial charge is 0.326 e. The molecule has 2 aromatic rings. The van der Waals surface area contributed by atoms with Crippen molar-refractivity contribution in [3.05, 3.63) is 54.0 Å². The molecule has 2 nitrogen and oxygen atoms in total. The van der Waals surface area contributed by atoms with Gasteiger partial charge in [-0.3, -0.25) is 4.98 Å². The van der Waals surface area contributed by atoms with Gasteiger partial charge in [-0.15, -0.1) is 0 Å². The summed E-state index contributed by atoms with van der Waals surface area (Å²) < 4.78 is 12.6. The Balaban J connectivity index is 2.33. The second-order valence-corrected chi connectivity index (χ2v) is 3.26. The molecule has 2 rings (SSSR count). The van der Waals surface area contributed by atoms with E-state index in [1.165, 1.54) is 12.3 Å². The molecule has 0 fully saturated rings. The Morgan fingerprint density at radius 3 is 2.33 bits per heavy atom. The number of aromatic nitrogens is 1. The number of nitrogens with two attached hydrogens (primary N) is 1. The first-order valence-corrected chi connectivity index (χ1v) is 4.70. The molecule has 2 N–H and O–H groups in total. The summed E-state index contributed by atoms with van der Waals surface area (Å²) in [5.41, 5.74) is 8.29. The lowest BCUT2D eigenvalue weighted by Crippen LogP contribution is -1.95. The maximum absolute atomic E-state index is 12.6. The van der Waals surface area contributed by atoms with Gasteiger partial charge < -0.3 is 5.73 Å². The van der Waals surface area contributed by atoms with Crippen LogP contribution in [-0.2, 0) is 6.54 Å². The predicted molar refractivity (Wildman–Crippen MR) is 57.5 cm³/mol. The summed E-state index contributed by atoms with van der Waals surface area (Å²) in [4.78, 5) is 4.00. The number of hydrogen-bond donors (Lipinski definition) is 1. The van der Waals surface area contributed by atoms with Crippen molar-refractivity contribution in [3.63, 3.8) is 0 Å². The van der Waals surface area contributed by atoms with Crippen LogP contribution in [0.4, 0.5) is 4.39 Å². The van der Waals surface area contributed by atoms with Crippen LogP contribution in [0.1, 0.15) is 5.56 Å². The Bertz CT molecular complexity index is 434. The highest BCUT2D eigenvalue weighted by Crippen LogP contribution is 2.17. The van der Waals surface area contributed by atoms with E-state index in [4.69, 9.17) is 5.73 Å². The van der Waals surface area contributed by atoms with Crippen molar-refractivity contribution in [2.24, 2.45) is 5.73 Å². The van der Waals surface area contributed by atoms with Crippen molar-refractivity contribution in [2.75, 3.05) is 0 Å². The van der Waals surface area contributed by atoms with Crippen LogP contribution in [0.5, 0.6) is 0 Å². The highest BCUT2D eigenvalue weighted by molar-refractivity contribution is 5.59. The number of hydrogen-bond acceptors (Lipinski definition) is 2. The average molecular weight is 202 g/mol. The molecule has 0 amide bonds. The van der Waals surface area contributed by atoms with Gasteiger partial charge in [0.05, 0.1) is 11.9 Å². The fourth-order valence-electron chi connectivity index (χ4n) is 1.36. The Hall–Kier alpha value is -1.74. The van der Waals surface area contributed by atoms with E-state index in [-0.39, 0.29) is 5.82 Å². The number of nitrogens with zero attached hydrogens (tertiary/aromatic N) is 1. The Kier molecular flexibility index (Phi) is 2.74. The molecule has 0 radical (unpaired) electrons. The van der Waals surface area contributed by atoms with Gasteiger partial charge in [-0.1, -0.05) is 24.3 Å². The monoisotopic (exact) mass is 202 g/mol. The van der Waals surface area contributed by atoms with Crippen LogP contribution in [0.15, 0.2) is 42.6 Å². The Labute approximate surface area is 87.6 Å². The standard InChI is InChI=1S/C12H11FN2/c13-11-5-6-12(15-8-11)10-3-1-9(7-14)2-4-10/h1-6,8H,7,14H2. The topological polar surface area (TPSA) is 38.9 Å². The summed E-state index contributed by atoms with van der Waals surface area (Å²) in [5.74, 6) is -0.322. The Morgan fingerprint density at radius 1 is 1.07 bits per heavy atom. The lowest BCUT2D eigenvalue weighted by molar-refractivity contribution is 0.622. The van der Waals surface area contributed by atoms with Gasteiger partial charge in [0, 0.05) is 12.1 Å². The number of benzene rings is 1. The number of pyridine rings is 1. The maximum Gasteiger partial charge on any atom is 0.141 e. The van der Waals surface area contributed by atoms with Gasteiger partial charge in [-0.25, -0.2) is 4.39 Å². The second kappa shape index (κ2) is 4.19. The quantitative estimate of drug-likeness (QED) is 0.811. The van der Waals surface area contributed by atoms with Crippen molar-refractivity contribution < 1.29 is 4.39 Å². The van der Waals surface area contributed by atoms with Gasteiger partial charge in [-0.2, -0.15) is 0 Å². The molecule has 0 aliphatic rings. The van der Waals surface area contributed by atoms with E-state index >= 15 is 0 Å². The van der Waals surface area contributed by atoms with Crippen molar-refractivity contribution in [1.29, 1.82) is 0 Å². The molecule has 0 bridgehead atoms. The van der Waals surface area contributed by atoms with E-state index in [0.29, 0.717) is 6.54 Å². The molecule has 0 aliphatic heterocycles. The first-order chi connectivity index (χ1) is 7.29. The lowest BCUT2D eigenvalue weighted by Gasteiger charge is -2.01. The summed E-state index contributed by atoms with van der Waals surface area (Å²) in [6.45, 7) is 0.525. The molecule has 0 aliphatic carbocycles. The zero-order valence-electron chi connectivity index (χ0n) is 8.15. The van der Waals surface area contributed by atoms with Gasteiger partial charge in [-0.05, 0) is 17.7 Å². The first-order valence-electron chi connectivity index (χ1n) is 4.70. The number of rotatable bonds is 2. The van der Waals surface area contributed by atoms with Crippen molar-refractivity contribution in [1.82, 2.24) is 4.98 Å². The van der Waals surface area contributed by atoms with E-state index in [1.807, 2.05) is 24.3 Å². The van der Waals surface area contributed by atoms with Crippen LogP contribution in [0.25, 0.3) is 11.3 Å². The Morgan fingerprint density at radius 2 is 1.80 bits per heavy atom. The van der Waals surface area contributed by atoms with Crippen molar-refractivity contribution in [3.8, 4) is 11.3 Å². The summed E-state index contributed by atoms with van der Waals surface area (Å²) in [5, 5.41) is 0. The third-order valence-electron chi connectivity index (χ3n) is 2.21. The molecule has 3 heteroatoms. The molecular formula is C12H11FN2. The molecule has 0 spiro atoms. The minimum atomic E-state index is -0.322. The number of halogens is 1. The molecule has 0 saturated heterocycles. The van der Waals surface area contributed by atoms with Crippen LogP contribution in [0.3, 0.4) is 0 Å². The van der Waals surface area contributed by atoms with Crippen LogP contribution in [-0.4, -0.2) is 4.98 Å². The maximum atomic E-state index is 12.6. The lowest BCUT2D eigenvalue weighted by atomic mass is 10.1. The smallest absolute Gasteiger partial charge is 0.141 e. The van der Waals surface area contributed by atoms with Crippen LogP contribution in [0.2, 0.25) is 0 Å². The van der Waals surface area contributed by atoms with Gasteiger partial charge in [0.25, 0.3) is 0 Å². The third kappa shape index (κ3) is 2.19. The first kappa shape index (κ1) is 9.80. The minimum Gasteiger partial charge on any atom is -0.326 e. The van der Waals surface area contributed by atoms with Gasteiger partial charge in [0.15, 0.2) is 0 Å². The van der Waals surface area contributed by atoms with Gasteiger partial charge in [0.2, 0.25) is 0 Å². The molecule has 1 heterocycles. The summed E-state index contributed by atoms with van der Waals surface area (Å²) in [6.07, 6.45) is 1.21. The molecule has 15 heavy (non-hydrogen) atoms. The molecule has 0 unspecified atom stereocenters. The summed E-state index contributed by atoms with van der Waals surface area (Å²) in [7, 11) is 0. The molecule has 1 aromatic heterocycles. The molecule has 76 valence electrons. The summed E-state index contributed by atoms with van der Waals surface area (Å²) in [6, 6.07) is 10.8. The van der Waals surface area contributed by atoms with E-state index in [2.05, 4.69) is 4.98 Å². The fraction of sp³-hybridized carbons (Fsp3) is 0.0833. The van der Waals surface area contributed by atoms with E-state index in [1.54, 1.807) is 6.07 Å². The SMILES string of the molecule is NCc1ccc(-c2ccc(F)cn2)cc1. The minimum absolute atomic E-state index is 0.322. The van der Waals surface area contributed by atoms with E-state index in [9.17, 15) is 4.39 Å². The highest BCUT2D eigenvalue weighted by Gasteiger charge is 1.99. The second-order valence-electron chi connectivity index (χ2n) is 3.26. The predicted octanol–water partition coefficient (Wildman–Crippen LogP) is 2.35. The fourth-order valence-corrected chi connectivity index (χ4v) is 1.36. The van der Waals surface area contributed by atoms with Crippen LogP contribution >= 0.6 is 0 Å². The molecular weight excluding hydrogens is 191 g/mol. The van der Waals surface area contributed by atoms with Crippen LogP contribution in [0, 0.1) is 5.82 Å². The normalized spacial score (nSPS) is 10.3. The van der Waals surface area contributed by atoms with E-state index in [0.717, 1.165) is 16.8 Å². The molecule has 0 atom stereocenters. The van der Waals surface area contributed by atoms with Crippen molar-refractivity contribution in [2.45, 2.75) is 6.54 Å². The van der Waals surface area contributed by atoms with Crippen molar-refractivity contribution >= 4 is 0 Å². The van der Waals surface area contributed by atoms with Gasteiger partial charge >= 0.3 is 0 Å². The highest BCUT2D eigenvalue weighted by atomic mass is 19.1. The zero-order chi connectivity index (χ0) is 10.7. The average Bonchev–Trinajstić information content (AvgIpc) is 2.30. The van der Waals surface area contributed by atoms with Crippen LogP contribution < -0.4 is 5.73 Å². The van der Waals surface area contributed by atoms with E-state index < -0.39 is 0 Å². The molecule has 0 saturated carbocycles. The zero-order valence-corrected chi connectivity index (χ0v) is 8.15.